The fraction of sp³-hybridized carbons (Fsp3) is 0.750. The molecule has 0 spiro atoms. The Kier molecular flexibility index (Phi) is 168. The number of carbonyl (C=O) groups excluding carboxylic acids is 2. The molecule has 0 aliphatic heterocycles. The number of nitrogens with one attached hydrogen (secondary N) is 2. The van der Waals surface area contributed by atoms with Crippen LogP contribution in [-0.4, -0.2) is 45.4 Å². The average molecular weight is 1540 g/mol. The monoisotopic (exact) mass is 1540 g/mol. The summed E-state index contributed by atoms with van der Waals surface area (Å²) >= 11 is 13.8. The van der Waals surface area contributed by atoms with Gasteiger partial charge in [-0.05, 0) is 67.2 Å². The van der Waals surface area contributed by atoms with Crippen molar-refractivity contribution in [3.63, 3.8) is 0 Å². The minimum absolute atomic E-state index is 0. The van der Waals surface area contributed by atoms with Crippen molar-refractivity contribution >= 4 is 170 Å². The predicted molar refractivity (Wildman–Crippen MR) is 258 cm³/mol. The molecule has 278 valence electrons. The van der Waals surface area contributed by atoms with Crippen molar-refractivity contribution in [1.82, 2.24) is 0 Å². The summed E-state index contributed by atoms with van der Waals surface area (Å²) in [5.74, 6) is 10.3. The molecule has 20 heteroatoms. The summed E-state index contributed by atoms with van der Waals surface area (Å²) in [5.41, 5.74) is 14.2. The molecule has 0 saturated carbocycles. The average Bonchev–Trinajstić information content (AvgIpc) is 3.02. The van der Waals surface area contributed by atoms with Gasteiger partial charge in [0, 0.05) is 112 Å². The number of hydrogen-bond donors (Lipinski definition) is 4. The van der Waals surface area contributed by atoms with Crippen LogP contribution >= 0.6 is 136 Å². The van der Waals surface area contributed by atoms with Gasteiger partial charge in [0.25, 0.3) is 0 Å². The summed E-state index contributed by atoms with van der Waals surface area (Å²) in [6.45, 7) is 22.9. The maximum absolute atomic E-state index is 9.81. The topological polar surface area (TPSA) is 246 Å². The number of rotatable bonds is 7. The molecule has 0 fully saturated rings. The summed E-state index contributed by atoms with van der Waals surface area (Å²) in [4.78, 5) is 19.6. The van der Waals surface area contributed by atoms with Crippen molar-refractivity contribution < 1.29 is 35.2 Å². The molecule has 0 amide bonds. The Morgan fingerprint density at radius 2 is 0.705 bits per heavy atom. The zero-order valence-electron chi connectivity index (χ0n) is 28.1. The number of Topliss-reactive ketones (excluding diaryl/α,β-unsaturated/α-hetero) is 2. The van der Waals surface area contributed by atoms with Gasteiger partial charge in [-0.15, -0.1) is 24.0 Å². The van der Waals surface area contributed by atoms with Crippen LogP contribution in [0, 0.1) is 11.1 Å². The molecular formula is C24H61I8N8O4-. The van der Waals surface area contributed by atoms with Crippen LogP contribution < -0.4 is 24.9 Å². The van der Waals surface area contributed by atoms with Crippen molar-refractivity contribution in [2.45, 2.75) is 122 Å². The molecular weight excluding hydrogens is 1480 g/mol. The fourth-order valence-corrected chi connectivity index (χ4v) is 0.495. The van der Waals surface area contributed by atoms with Crippen LogP contribution in [0.3, 0.4) is 0 Å². The van der Waals surface area contributed by atoms with Crippen molar-refractivity contribution in [3.05, 3.63) is 0 Å². The second-order valence-electron chi connectivity index (χ2n) is 6.98. The number of hydrazone groups is 2. The first-order valence-corrected chi connectivity index (χ1v) is 37.3. The Balaban J connectivity index is -0.0000000242. The van der Waals surface area contributed by atoms with Gasteiger partial charge in [-0.3, -0.25) is 0 Å². The van der Waals surface area contributed by atoms with Gasteiger partial charge in [-0.1, -0.05) is 41.5 Å². The van der Waals surface area contributed by atoms with Crippen LogP contribution in [0.25, 0.3) is 0 Å². The molecule has 10 N–H and O–H groups in total. The summed E-state index contributed by atoms with van der Waals surface area (Å²) in [6.07, 6.45) is 5.22. The number of nitrogens with two attached hydrogens (primary N) is 2. The van der Waals surface area contributed by atoms with E-state index in [1.165, 1.54) is 0 Å². The summed E-state index contributed by atoms with van der Waals surface area (Å²) in [5, 5.41) is 14.9. The van der Waals surface area contributed by atoms with Crippen molar-refractivity contribution in [3.8, 4) is 0 Å². The fourth-order valence-electron chi connectivity index (χ4n) is 0.495. The van der Waals surface area contributed by atoms with Gasteiger partial charge in [-0.25, -0.2) is 11.1 Å². The Bertz CT molecular complexity index is 592. The molecule has 0 aliphatic rings. The van der Waals surface area contributed by atoms with Gasteiger partial charge in [0.1, 0.15) is 11.6 Å². The van der Waals surface area contributed by atoms with Crippen LogP contribution in [0.1, 0.15) is 123 Å². The largest absolute Gasteiger partial charge is 0.412 e. The SMILES string of the molecule is CCC(C)=NN.CCC(C)=NN.CCC(C)=NN=C(C)CC.CCC(C)=O.CCC(C)=O.I.II.II.I[I-]I.N=N.O.O.[HH]. The van der Waals surface area contributed by atoms with Crippen LogP contribution in [0.15, 0.2) is 20.4 Å². The van der Waals surface area contributed by atoms with E-state index in [0.717, 1.165) is 48.5 Å². The van der Waals surface area contributed by atoms with Crippen LogP contribution in [0.4, 0.5) is 0 Å². The maximum atomic E-state index is 9.81. The molecule has 0 bridgehead atoms. The van der Waals surface area contributed by atoms with E-state index in [9.17, 15) is 9.59 Å². The number of carbonyl (C=O) groups is 2. The Labute approximate surface area is 363 Å². The van der Waals surface area contributed by atoms with Gasteiger partial charge in [-0.2, -0.15) is 20.4 Å². The van der Waals surface area contributed by atoms with Gasteiger partial charge < -0.3 is 32.2 Å². The Hall–Kier alpha value is 2.98. The van der Waals surface area contributed by atoms with Gasteiger partial charge in [0.15, 0.2) is 0 Å². The molecule has 0 aromatic carbocycles. The third kappa shape index (κ3) is 151. The molecule has 0 atom stereocenters. The summed E-state index contributed by atoms with van der Waals surface area (Å²) < 4.78 is 0. The van der Waals surface area contributed by atoms with Crippen molar-refractivity contribution in [2.75, 3.05) is 0 Å². The Morgan fingerprint density at radius 3 is 0.750 bits per heavy atom. The third-order valence-electron chi connectivity index (χ3n) is 3.87. The van der Waals surface area contributed by atoms with Crippen molar-refractivity contribution in [2.24, 2.45) is 32.1 Å². The third-order valence-corrected chi connectivity index (χ3v) is 3.87. The minimum atomic E-state index is 0. The molecule has 0 heterocycles. The van der Waals surface area contributed by atoms with E-state index >= 15 is 0 Å². The van der Waals surface area contributed by atoms with Gasteiger partial charge in [0.2, 0.25) is 0 Å². The second-order valence-corrected chi connectivity index (χ2v) is 23.2. The summed E-state index contributed by atoms with van der Waals surface area (Å²) in [6, 6.07) is 0. The first-order valence-electron chi connectivity index (χ1n) is 12.2. The number of hydrogen-bond acceptors (Lipinski definition) is 10. The predicted octanol–water partition coefficient (Wildman–Crippen LogP) is 8.20. The number of ketones is 2. The molecule has 0 saturated heterocycles. The standard InChI is InChI=1S/C8H16N2.2C4H10N2.2C4H8O.I3.2I2.HI.H2N2.2H2O.H2/c1-5-7(3)9-10-8(4)6-2;2*1-3-4(2)6-5;2*1-3-4(2)5;1-3-2;2*1-2;;1-2;;;/h5-6H2,1-4H3;2*3,5H2,1-2H3;2*3H2,1-2H3;;;;1H;1-2H;2*1H2;1H/q;;;;;-1;;;;;;;. The second kappa shape index (κ2) is 91.0. The molecule has 0 rings (SSSR count). The molecule has 0 unspecified atom stereocenters. The van der Waals surface area contributed by atoms with E-state index < -0.39 is 0 Å². The quantitative estimate of drug-likeness (QED) is 0.0647. The number of nitrogens with zero attached hydrogens (tertiary/aromatic N) is 4. The molecule has 44 heavy (non-hydrogen) atoms. The molecule has 12 nitrogen and oxygen atoms in total. The van der Waals surface area contributed by atoms with E-state index in [-0.39, 0.29) is 47.9 Å². The normalized spacial score (nSPS) is 9.05. The minimum Gasteiger partial charge on any atom is -0.412 e. The van der Waals surface area contributed by atoms with Crippen LogP contribution in [0.2, 0.25) is 0 Å². The Morgan fingerprint density at radius 1 is 0.568 bits per heavy atom. The summed E-state index contributed by atoms with van der Waals surface area (Å²) in [7, 11) is 0. The van der Waals surface area contributed by atoms with Crippen LogP contribution in [0.5, 0.6) is 0 Å². The zero-order valence-corrected chi connectivity index (χ0v) is 45.5. The van der Waals surface area contributed by atoms with Crippen molar-refractivity contribution in [1.29, 1.82) is 11.1 Å². The van der Waals surface area contributed by atoms with Crippen LogP contribution in [-0.2, 0) is 9.59 Å². The first kappa shape index (κ1) is 81.2. The molecule has 0 aromatic rings. The number of halogens is 8. The van der Waals surface area contributed by atoms with E-state index in [4.69, 9.17) is 22.7 Å². The first-order chi connectivity index (χ1) is 19.3. The van der Waals surface area contributed by atoms with E-state index in [2.05, 4.69) is 146 Å². The smallest absolute Gasteiger partial charge is 0 e. The van der Waals surface area contributed by atoms with Gasteiger partial charge in [0.05, 0.1) is 0 Å². The van der Waals surface area contributed by atoms with Gasteiger partial charge >= 0.3 is 50.5 Å². The van der Waals surface area contributed by atoms with E-state index in [1.807, 2.05) is 55.4 Å². The molecule has 0 radical (unpaired) electrons. The zero-order chi connectivity index (χ0) is 35.2. The molecule has 0 aliphatic carbocycles. The maximum Gasteiger partial charge on any atom is 0 e. The molecule has 0 aromatic heterocycles. The van der Waals surface area contributed by atoms with E-state index in [1.54, 1.807) is 13.8 Å². The van der Waals surface area contributed by atoms with E-state index in [0.29, 0.717) is 26.1 Å².